The van der Waals surface area contributed by atoms with Crippen molar-refractivity contribution in [3.63, 3.8) is 0 Å². The first-order chi connectivity index (χ1) is 15.9. The number of amides is 2. The molecule has 1 unspecified atom stereocenters. The first kappa shape index (κ1) is 28.5. The topological polar surface area (TPSA) is 86.8 Å². The van der Waals surface area contributed by atoms with E-state index in [2.05, 4.69) is 5.32 Å². The largest absolute Gasteiger partial charge is 0.354 e. The van der Waals surface area contributed by atoms with Crippen LogP contribution in [-0.4, -0.2) is 50.5 Å². The average molecular weight is 569 g/mol. The molecule has 2 amide bonds. The number of halogens is 4. The van der Waals surface area contributed by atoms with E-state index < -0.39 is 28.5 Å². The number of benzene rings is 2. The van der Waals surface area contributed by atoms with E-state index in [4.69, 9.17) is 46.4 Å². The predicted octanol–water partition coefficient (Wildman–Crippen LogP) is 5.01. The fourth-order valence-electron chi connectivity index (χ4n) is 3.09. The van der Waals surface area contributed by atoms with Crippen LogP contribution >= 0.6 is 46.4 Å². The lowest BCUT2D eigenvalue weighted by Gasteiger charge is -2.32. The maximum atomic E-state index is 13.5. The highest BCUT2D eigenvalue weighted by atomic mass is 35.5. The van der Waals surface area contributed by atoms with E-state index in [-0.39, 0.29) is 28.2 Å². The molecule has 0 saturated carbocycles. The molecular weight excluding hydrogens is 544 g/mol. The van der Waals surface area contributed by atoms with Gasteiger partial charge >= 0.3 is 0 Å². The minimum Gasteiger partial charge on any atom is -0.354 e. The second-order valence-electron chi connectivity index (χ2n) is 7.56. The number of hydrogen-bond donors (Lipinski definition) is 1. The third-order valence-corrected chi connectivity index (χ3v) is 7.56. The number of carbonyl (C=O) groups excluding carboxylic acids is 2. The molecule has 1 N–H and O–H groups in total. The van der Waals surface area contributed by atoms with Crippen molar-refractivity contribution in [3.05, 3.63) is 62.1 Å². The second-order valence-corrected chi connectivity index (χ2v) is 11.1. The van der Waals surface area contributed by atoms with Crippen molar-refractivity contribution in [3.8, 4) is 0 Å². The van der Waals surface area contributed by atoms with Crippen LogP contribution in [-0.2, 0) is 26.2 Å². The van der Waals surface area contributed by atoms with Crippen LogP contribution in [0.15, 0.2) is 36.4 Å². The quantitative estimate of drug-likeness (QED) is 0.436. The van der Waals surface area contributed by atoms with Gasteiger partial charge in [0.1, 0.15) is 12.6 Å². The summed E-state index contributed by atoms with van der Waals surface area (Å²) in [5, 5.41) is 3.75. The molecule has 0 aliphatic heterocycles. The molecule has 2 aromatic rings. The maximum absolute atomic E-state index is 13.5. The van der Waals surface area contributed by atoms with E-state index in [9.17, 15) is 18.0 Å². The molecular formula is C22H25Cl4N3O4S. The highest BCUT2D eigenvalue weighted by molar-refractivity contribution is 7.92. The van der Waals surface area contributed by atoms with Gasteiger partial charge in [-0.05, 0) is 43.7 Å². The molecule has 0 bridgehead atoms. The number of carbonyl (C=O) groups is 2. The Kier molecular flexibility index (Phi) is 10.3. The van der Waals surface area contributed by atoms with Gasteiger partial charge in [0.25, 0.3) is 0 Å². The van der Waals surface area contributed by atoms with Gasteiger partial charge in [-0.1, -0.05) is 59.4 Å². The molecule has 0 fully saturated rings. The molecule has 0 radical (unpaired) electrons. The summed E-state index contributed by atoms with van der Waals surface area (Å²) in [6.07, 6.45) is 1.68. The average Bonchev–Trinajstić information content (AvgIpc) is 2.76. The third-order valence-electron chi connectivity index (χ3n) is 4.98. The summed E-state index contributed by atoms with van der Waals surface area (Å²) in [4.78, 5) is 27.4. The zero-order valence-corrected chi connectivity index (χ0v) is 22.7. The number of nitrogens with one attached hydrogen (secondary N) is 1. The smallest absolute Gasteiger partial charge is 0.244 e. The molecule has 7 nitrogen and oxygen atoms in total. The molecule has 0 aromatic heterocycles. The Bertz CT molecular complexity index is 1140. The molecule has 0 aliphatic carbocycles. The highest BCUT2D eigenvalue weighted by Crippen LogP contribution is 2.30. The molecule has 34 heavy (non-hydrogen) atoms. The van der Waals surface area contributed by atoms with E-state index in [0.717, 1.165) is 10.6 Å². The Morgan fingerprint density at radius 1 is 1.00 bits per heavy atom. The van der Waals surface area contributed by atoms with Gasteiger partial charge in [-0.15, -0.1) is 0 Å². The van der Waals surface area contributed by atoms with Gasteiger partial charge < -0.3 is 10.2 Å². The summed E-state index contributed by atoms with van der Waals surface area (Å²) in [6.45, 7) is 3.20. The van der Waals surface area contributed by atoms with Crippen LogP contribution in [0.25, 0.3) is 0 Å². The van der Waals surface area contributed by atoms with Crippen LogP contribution in [0.4, 0.5) is 5.69 Å². The summed E-state index contributed by atoms with van der Waals surface area (Å²) in [6, 6.07) is 8.19. The van der Waals surface area contributed by atoms with E-state index in [1.807, 2.05) is 6.92 Å². The third kappa shape index (κ3) is 7.39. The standard InChI is InChI=1S/C22H25Cl4N3O4S/c1-4-10-27-22(31)14(2)28(12-16-17(23)6-5-7-18(16)24)21(30)13-29(34(3,32)33)15-8-9-19(25)20(26)11-15/h5-9,11,14H,4,10,12-13H2,1-3H3,(H,27,31). The van der Waals surface area contributed by atoms with E-state index in [1.165, 1.54) is 23.1 Å². The molecule has 2 rings (SSSR count). The van der Waals surface area contributed by atoms with Crippen molar-refractivity contribution in [2.45, 2.75) is 32.9 Å². The Balaban J connectivity index is 2.45. The zero-order valence-electron chi connectivity index (χ0n) is 18.8. The van der Waals surface area contributed by atoms with Gasteiger partial charge in [0, 0.05) is 28.7 Å². The molecule has 0 saturated heterocycles. The fourth-order valence-corrected chi connectivity index (χ4v) is 4.74. The Labute approximate surface area is 220 Å². The van der Waals surface area contributed by atoms with Gasteiger partial charge in [-0.2, -0.15) is 0 Å². The lowest BCUT2D eigenvalue weighted by Crippen LogP contribution is -2.51. The normalized spacial score (nSPS) is 12.2. The van der Waals surface area contributed by atoms with Crippen molar-refractivity contribution in [1.82, 2.24) is 10.2 Å². The van der Waals surface area contributed by atoms with E-state index in [1.54, 1.807) is 25.1 Å². The molecule has 12 heteroatoms. The highest BCUT2D eigenvalue weighted by Gasteiger charge is 2.31. The van der Waals surface area contributed by atoms with Crippen LogP contribution in [0, 0.1) is 0 Å². The summed E-state index contributed by atoms with van der Waals surface area (Å²) >= 11 is 24.6. The predicted molar refractivity (Wildman–Crippen MR) is 138 cm³/mol. The second kappa shape index (κ2) is 12.3. The minimum atomic E-state index is -3.89. The molecule has 186 valence electrons. The van der Waals surface area contributed by atoms with Crippen molar-refractivity contribution in [2.75, 3.05) is 23.7 Å². The molecule has 0 heterocycles. The van der Waals surface area contributed by atoms with Crippen molar-refractivity contribution >= 4 is 73.9 Å². The van der Waals surface area contributed by atoms with Crippen molar-refractivity contribution in [1.29, 1.82) is 0 Å². The first-order valence-corrected chi connectivity index (χ1v) is 13.7. The first-order valence-electron chi connectivity index (χ1n) is 10.3. The van der Waals surface area contributed by atoms with Crippen LogP contribution in [0.1, 0.15) is 25.8 Å². The Morgan fingerprint density at radius 3 is 2.15 bits per heavy atom. The van der Waals surface area contributed by atoms with Gasteiger partial charge in [-0.25, -0.2) is 8.42 Å². The van der Waals surface area contributed by atoms with Crippen molar-refractivity contribution < 1.29 is 18.0 Å². The summed E-state index contributed by atoms with van der Waals surface area (Å²) in [5.41, 5.74) is 0.596. The van der Waals surface area contributed by atoms with Gasteiger partial charge in [0.05, 0.1) is 22.0 Å². The fraction of sp³-hybridized carbons (Fsp3) is 0.364. The number of nitrogens with zero attached hydrogens (tertiary/aromatic N) is 2. The van der Waals surface area contributed by atoms with Crippen molar-refractivity contribution in [2.24, 2.45) is 0 Å². The minimum absolute atomic E-state index is 0.100. The molecule has 0 aliphatic rings. The summed E-state index contributed by atoms with van der Waals surface area (Å²) in [7, 11) is -3.89. The summed E-state index contributed by atoms with van der Waals surface area (Å²) in [5.74, 6) is -1.02. The molecule has 2 aromatic carbocycles. The van der Waals surface area contributed by atoms with Gasteiger partial charge in [-0.3, -0.25) is 13.9 Å². The van der Waals surface area contributed by atoms with E-state index >= 15 is 0 Å². The van der Waals surface area contributed by atoms with Gasteiger partial charge in [0.15, 0.2) is 0 Å². The number of anilines is 1. The Hall–Kier alpha value is -1.71. The Morgan fingerprint density at radius 2 is 1.62 bits per heavy atom. The lowest BCUT2D eigenvalue weighted by atomic mass is 10.1. The zero-order chi connectivity index (χ0) is 25.6. The SMILES string of the molecule is CCCNC(=O)C(C)N(Cc1c(Cl)cccc1Cl)C(=O)CN(c1ccc(Cl)c(Cl)c1)S(C)(=O)=O. The van der Waals surface area contributed by atoms with Crippen LogP contribution in [0.2, 0.25) is 20.1 Å². The number of hydrogen-bond acceptors (Lipinski definition) is 4. The maximum Gasteiger partial charge on any atom is 0.244 e. The lowest BCUT2D eigenvalue weighted by molar-refractivity contribution is -0.139. The summed E-state index contributed by atoms with van der Waals surface area (Å²) < 4.78 is 26.0. The van der Waals surface area contributed by atoms with Crippen LogP contribution in [0.5, 0.6) is 0 Å². The molecule has 0 spiro atoms. The van der Waals surface area contributed by atoms with Crippen LogP contribution < -0.4 is 9.62 Å². The van der Waals surface area contributed by atoms with Crippen LogP contribution in [0.3, 0.4) is 0 Å². The number of rotatable bonds is 10. The van der Waals surface area contributed by atoms with E-state index in [0.29, 0.717) is 28.6 Å². The van der Waals surface area contributed by atoms with Gasteiger partial charge in [0.2, 0.25) is 21.8 Å². The number of sulfonamides is 1. The monoisotopic (exact) mass is 567 g/mol. The molecule has 1 atom stereocenters.